The van der Waals surface area contributed by atoms with Crippen molar-refractivity contribution >= 4 is 16.2 Å². The maximum Gasteiger partial charge on any atom is 0.431 e. The summed E-state index contributed by atoms with van der Waals surface area (Å²) in [5.41, 5.74) is 0.234. The summed E-state index contributed by atoms with van der Waals surface area (Å²) >= 11 is 0. The van der Waals surface area contributed by atoms with Gasteiger partial charge in [-0.1, -0.05) is 30.9 Å². The maximum absolute atomic E-state index is 12.6. The quantitative estimate of drug-likeness (QED) is 0.460. The first-order valence-corrected chi connectivity index (χ1v) is 6.11. The molecule has 0 aliphatic carbocycles. The third-order valence-corrected chi connectivity index (χ3v) is 3.03. The van der Waals surface area contributed by atoms with E-state index in [-0.39, 0.29) is 11.3 Å². The molecule has 4 nitrogen and oxygen atoms in total. The number of hydrogen-bond acceptors (Lipinski definition) is 4. The number of halogens is 4. The van der Waals surface area contributed by atoms with Gasteiger partial charge in [-0.2, -0.15) is 17.2 Å². The molecule has 1 rings (SSSR count). The van der Waals surface area contributed by atoms with Gasteiger partial charge >= 0.3 is 21.8 Å². The first kappa shape index (κ1) is 15.4. The Morgan fingerprint density at radius 1 is 1.26 bits per heavy atom. The molecule has 106 valence electrons. The van der Waals surface area contributed by atoms with Gasteiger partial charge in [-0.05, 0) is 10.4 Å². The summed E-state index contributed by atoms with van der Waals surface area (Å²) in [6.07, 6.45) is -3.20. The van der Waals surface area contributed by atoms with Crippen molar-refractivity contribution in [2.75, 3.05) is 0 Å². The van der Waals surface area contributed by atoms with E-state index in [4.69, 9.17) is 0 Å². The average molecular weight is 300 g/mol. The topological polar surface area (TPSA) is 52.6 Å². The maximum atomic E-state index is 12.6. The molecule has 0 spiro atoms. The van der Waals surface area contributed by atoms with E-state index in [1.54, 1.807) is 0 Å². The summed E-state index contributed by atoms with van der Waals surface area (Å²) in [6, 6.07) is 5.53. The minimum Gasteiger partial charge on any atom is -0.320 e. The van der Waals surface area contributed by atoms with Crippen molar-refractivity contribution in [3.05, 3.63) is 36.4 Å². The second-order valence-corrected chi connectivity index (χ2v) is 4.80. The third kappa shape index (κ3) is 3.24. The van der Waals surface area contributed by atoms with E-state index in [1.807, 2.05) is 0 Å². The van der Waals surface area contributed by atoms with Gasteiger partial charge in [-0.15, -0.1) is 0 Å². The normalized spacial score (nSPS) is 12.5. The van der Waals surface area contributed by atoms with E-state index >= 15 is 0 Å². The molecule has 1 aromatic rings. The number of alkyl halides is 4. The van der Waals surface area contributed by atoms with Gasteiger partial charge in [-0.25, -0.2) is 8.78 Å². The zero-order chi connectivity index (χ0) is 14.7. The first-order valence-electron chi connectivity index (χ1n) is 4.70. The van der Waals surface area contributed by atoms with Gasteiger partial charge in [0.2, 0.25) is 0 Å². The minimum atomic E-state index is -5.92. The minimum absolute atomic E-state index is 0.234. The Balaban J connectivity index is 2.90. The van der Waals surface area contributed by atoms with E-state index in [0.717, 1.165) is 0 Å². The van der Waals surface area contributed by atoms with Crippen LogP contribution in [0.15, 0.2) is 30.8 Å². The van der Waals surface area contributed by atoms with Gasteiger partial charge in [0, 0.05) is 5.56 Å². The molecule has 0 radical (unpaired) electrons. The molecular weight excluding hydrogens is 292 g/mol. The highest BCUT2D eigenvalue weighted by Crippen LogP contribution is 2.31. The van der Waals surface area contributed by atoms with E-state index in [0.29, 0.717) is 0 Å². The van der Waals surface area contributed by atoms with Crippen molar-refractivity contribution in [3.63, 3.8) is 0 Å². The van der Waals surface area contributed by atoms with Crippen molar-refractivity contribution in [2.24, 2.45) is 0 Å². The largest absolute Gasteiger partial charge is 0.431 e. The second kappa shape index (κ2) is 5.57. The lowest BCUT2D eigenvalue weighted by atomic mass is 10.2. The standard InChI is InChI=1S/C10H8F4O4S/c1-2-7-5-3-4-6-8(7)17-18-19(15,16)10(13,14)9(11)12/h2-6,9H,1H2. The van der Waals surface area contributed by atoms with Crippen molar-refractivity contribution < 1.29 is 35.2 Å². The molecule has 0 amide bonds. The van der Waals surface area contributed by atoms with Crippen LogP contribution < -0.4 is 4.89 Å². The highest BCUT2D eigenvalue weighted by atomic mass is 32.2. The average Bonchev–Trinajstić information content (AvgIpc) is 2.36. The van der Waals surface area contributed by atoms with Crippen LogP contribution in [0.3, 0.4) is 0 Å². The zero-order valence-corrected chi connectivity index (χ0v) is 10.0. The van der Waals surface area contributed by atoms with Crippen molar-refractivity contribution in [1.82, 2.24) is 0 Å². The van der Waals surface area contributed by atoms with Gasteiger partial charge in [0.15, 0.2) is 5.75 Å². The summed E-state index contributed by atoms with van der Waals surface area (Å²) < 4.78 is 74.3. The molecular formula is C10H8F4O4S. The number of para-hydroxylation sites is 1. The Morgan fingerprint density at radius 3 is 2.37 bits per heavy atom. The molecule has 0 fully saturated rings. The molecule has 0 atom stereocenters. The van der Waals surface area contributed by atoms with E-state index in [1.165, 1.54) is 30.3 Å². The molecule has 0 aromatic heterocycles. The fourth-order valence-corrected chi connectivity index (χ4v) is 1.43. The summed E-state index contributed by atoms with van der Waals surface area (Å²) in [4.78, 5) is 4.16. The van der Waals surface area contributed by atoms with Crippen LogP contribution >= 0.6 is 0 Å². The highest BCUT2D eigenvalue weighted by Gasteiger charge is 2.56. The number of rotatable bonds is 6. The van der Waals surface area contributed by atoms with Crippen LogP contribution in [-0.4, -0.2) is 20.1 Å². The number of benzene rings is 1. The second-order valence-electron chi connectivity index (χ2n) is 3.21. The summed E-state index contributed by atoms with van der Waals surface area (Å²) in [7, 11) is -5.92. The Labute approximate surface area is 106 Å². The van der Waals surface area contributed by atoms with Crippen LogP contribution in [0.2, 0.25) is 0 Å². The zero-order valence-electron chi connectivity index (χ0n) is 9.22. The van der Waals surface area contributed by atoms with Crippen molar-refractivity contribution in [2.45, 2.75) is 11.7 Å². The Kier molecular flexibility index (Phi) is 4.53. The third-order valence-electron chi connectivity index (χ3n) is 1.94. The molecule has 0 aliphatic heterocycles. The van der Waals surface area contributed by atoms with Crippen molar-refractivity contribution in [1.29, 1.82) is 0 Å². The van der Waals surface area contributed by atoms with Crippen LogP contribution in [0.1, 0.15) is 5.56 Å². The summed E-state index contributed by atoms with van der Waals surface area (Å²) in [5.74, 6) is -0.258. The summed E-state index contributed by atoms with van der Waals surface area (Å²) in [5, 5.41) is -5.36. The number of hydrogen-bond donors (Lipinski definition) is 0. The van der Waals surface area contributed by atoms with Gasteiger partial charge in [0.25, 0.3) is 0 Å². The monoisotopic (exact) mass is 300 g/mol. The van der Waals surface area contributed by atoms with Crippen LogP contribution in [0, 0.1) is 0 Å². The Hall–Kier alpha value is -1.61. The van der Waals surface area contributed by atoms with E-state index in [2.05, 4.69) is 15.8 Å². The first-order chi connectivity index (χ1) is 8.72. The van der Waals surface area contributed by atoms with Gasteiger partial charge < -0.3 is 4.89 Å². The van der Waals surface area contributed by atoms with Crippen LogP contribution in [0.5, 0.6) is 5.75 Å². The molecule has 0 unspecified atom stereocenters. The predicted octanol–water partition coefficient (Wildman–Crippen LogP) is 2.83. The molecule has 1 aromatic carbocycles. The fourth-order valence-electron chi connectivity index (χ4n) is 0.961. The Bertz CT molecular complexity index is 556. The van der Waals surface area contributed by atoms with Crippen LogP contribution in [0.4, 0.5) is 17.6 Å². The lowest BCUT2D eigenvalue weighted by molar-refractivity contribution is -0.128. The fraction of sp³-hybridized carbons (Fsp3) is 0.200. The van der Waals surface area contributed by atoms with Crippen LogP contribution in [-0.2, 0) is 14.5 Å². The van der Waals surface area contributed by atoms with Crippen LogP contribution in [0.25, 0.3) is 6.08 Å². The lowest BCUT2D eigenvalue weighted by Crippen LogP contribution is -2.38. The summed E-state index contributed by atoms with van der Waals surface area (Å²) in [6.45, 7) is 3.36. The highest BCUT2D eigenvalue weighted by molar-refractivity contribution is 7.87. The van der Waals surface area contributed by atoms with Crippen molar-refractivity contribution in [3.8, 4) is 5.75 Å². The molecule has 9 heteroatoms. The molecule has 0 saturated heterocycles. The van der Waals surface area contributed by atoms with E-state index < -0.39 is 21.8 Å². The van der Waals surface area contributed by atoms with Gasteiger partial charge in [0.05, 0.1) is 0 Å². The molecule has 0 aliphatic rings. The van der Waals surface area contributed by atoms with Gasteiger partial charge in [-0.3, -0.25) is 0 Å². The van der Waals surface area contributed by atoms with E-state index in [9.17, 15) is 26.0 Å². The SMILES string of the molecule is C=Cc1ccccc1OOS(=O)(=O)C(F)(F)C(F)F. The smallest absolute Gasteiger partial charge is 0.320 e. The predicted molar refractivity (Wildman–Crippen MR) is 58.1 cm³/mol. The van der Waals surface area contributed by atoms with Gasteiger partial charge in [0.1, 0.15) is 0 Å². The molecule has 0 saturated carbocycles. The molecule has 0 N–H and O–H groups in total. The Morgan fingerprint density at radius 2 is 1.84 bits per heavy atom. The lowest BCUT2D eigenvalue weighted by Gasteiger charge is -2.14. The molecule has 0 bridgehead atoms. The molecule has 19 heavy (non-hydrogen) atoms. The molecule has 0 heterocycles.